The average Bonchev–Trinajstić information content (AvgIpc) is 3.19. The minimum Gasteiger partial charge on any atom is -0.394 e. The number of carbonyl (C=O) groups excluding carboxylic acids is 3. The first kappa shape index (κ1) is 24.5. The number of amides is 3. The average molecular weight is 486 g/mol. The van der Waals surface area contributed by atoms with Gasteiger partial charge in [0.05, 0.1) is 30.6 Å². The Morgan fingerprint density at radius 2 is 1.83 bits per heavy atom. The van der Waals surface area contributed by atoms with E-state index in [4.69, 9.17) is 4.74 Å². The number of likely N-dealkylation sites (tertiary alicyclic amines) is 1. The largest absolute Gasteiger partial charge is 0.394 e. The highest BCUT2D eigenvalue weighted by atomic mass is 16.5. The summed E-state index contributed by atoms with van der Waals surface area (Å²) in [7, 11) is 0. The van der Waals surface area contributed by atoms with Gasteiger partial charge in [-0.15, -0.1) is 0 Å². The lowest BCUT2D eigenvalue weighted by Gasteiger charge is -2.41. The smallest absolute Gasteiger partial charge is 0.249 e. The maximum absolute atomic E-state index is 14.3. The van der Waals surface area contributed by atoms with Crippen LogP contribution in [-0.4, -0.2) is 93.6 Å². The summed E-state index contributed by atoms with van der Waals surface area (Å²) in [5.74, 6) is -1.88. The zero-order chi connectivity index (χ0) is 24.7. The van der Waals surface area contributed by atoms with E-state index < -0.39 is 35.6 Å². The van der Waals surface area contributed by atoms with Crippen molar-refractivity contribution in [3.8, 4) is 0 Å². The predicted octanol–water partition coefficient (Wildman–Crippen LogP) is 1.88. The Morgan fingerprint density at radius 1 is 1.06 bits per heavy atom. The van der Waals surface area contributed by atoms with Crippen LogP contribution in [0.1, 0.15) is 58.8 Å². The van der Waals surface area contributed by atoms with Crippen LogP contribution >= 0.6 is 0 Å². The molecule has 1 N–H and O–H groups in total. The fraction of sp³-hybridized carbons (Fsp3) is 0.741. The number of hydrogen-bond acceptors (Lipinski definition) is 5. The molecule has 4 aliphatic heterocycles. The number of aliphatic hydroxyl groups is 1. The molecular formula is C27H39N3O5. The van der Waals surface area contributed by atoms with E-state index in [1.54, 1.807) is 9.80 Å². The van der Waals surface area contributed by atoms with Crippen molar-refractivity contribution in [3.05, 3.63) is 24.3 Å². The van der Waals surface area contributed by atoms with Crippen molar-refractivity contribution in [1.29, 1.82) is 0 Å². The van der Waals surface area contributed by atoms with Gasteiger partial charge in [0.15, 0.2) is 0 Å². The molecule has 1 saturated carbocycles. The molecule has 0 aromatic rings. The Balaban J connectivity index is 1.59. The number of nitrogens with zero attached hydrogens (tertiary/aromatic N) is 3. The van der Waals surface area contributed by atoms with E-state index in [-0.39, 0.29) is 30.4 Å². The number of fused-ring (bicyclic) bond motifs is 2. The van der Waals surface area contributed by atoms with Crippen LogP contribution in [0.25, 0.3) is 0 Å². The summed E-state index contributed by atoms with van der Waals surface area (Å²) >= 11 is 0. The van der Waals surface area contributed by atoms with Gasteiger partial charge in [-0.3, -0.25) is 14.4 Å². The van der Waals surface area contributed by atoms with Gasteiger partial charge in [0, 0.05) is 25.7 Å². The molecule has 8 heteroatoms. The lowest BCUT2D eigenvalue weighted by Crippen LogP contribution is -2.59. The first-order chi connectivity index (χ1) is 17.0. The van der Waals surface area contributed by atoms with Crippen molar-refractivity contribution in [2.24, 2.45) is 11.8 Å². The molecule has 1 spiro atoms. The maximum atomic E-state index is 14.3. The minimum absolute atomic E-state index is 0.0797. The quantitative estimate of drug-likeness (QED) is 0.580. The number of carbonyl (C=O) groups is 3. The van der Waals surface area contributed by atoms with Gasteiger partial charge >= 0.3 is 0 Å². The second-order valence-corrected chi connectivity index (χ2v) is 10.7. The second kappa shape index (κ2) is 9.69. The molecule has 5 aliphatic rings. The first-order valence-electron chi connectivity index (χ1n) is 13.5. The molecule has 2 saturated heterocycles. The van der Waals surface area contributed by atoms with Gasteiger partial charge in [0.1, 0.15) is 11.6 Å². The lowest BCUT2D eigenvalue weighted by molar-refractivity contribution is -0.153. The third-order valence-corrected chi connectivity index (χ3v) is 8.80. The van der Waals surface area contributed by atoms with E-state index in [1.807, 2.05) is 43.1 Å². The van der Waals surface area contributed by atoms with Crippen LogP contribution in [-0.2, 0) is 19.1 Å². The van der Waals surface area contributed by atoms with E-state index in [0.29, 0.717) is 26.1 Å². The minimum atomic E-state index is -1.20. The predicted molar refractivity (Wildman–Crippen MR) is 130 cm³/mol. The topological polar surface area (TPSA) is 90.4 Å². The van der Waals surface area contributed by atoms with E-state index in [9.17, 15) is 19.5 Å². The Labute approximate surface area is 207 Å². The molecule has 4 heterocycles. The molecule has 0 bridgehead atoms. The Hall–Kier alpha value is -2.19. The Kier molecular flexibility index (Phi) is 6.79. The van der Waals surface area contributed by atoms with Crippen molar-refractivity contribution in [2.75, 3.05) is 26.2 Å². The van der Waals surface area contributed by atoms with Gasteiger partial charge in [-0.25, -0.2) is 0 Å². The van der Waals surface area contributed by atoms with Crippen molar-refractivity contribution < 1.29 is 24.2 Å². The van der Waals surface area contributed by atoms with Gasteiger partial charge in [-0.1, -0.05) is 57.4 Å². The van der Waals surface area contributed by atoms with Gasteiger partial charge in [0.2, 0.25) is 17.7 Å². The van der Waals surface area contributed by atoms with Crippen molar-refractivity contribution in [3.63, 3.8) is 0 Å². The summed E-state index contributed by atoms with van der Waals surface area (Å²) in [6.45, 7) is 5.32. The summed E-state index contributed by atoms with van der Waals surface area (Å²) in [4.78, 5) is 47.5. The molecule has 35 heavy (non-hydrogen) atoms. The lowest BCUT2D eigenvalue weighted by atomic mass is 9.77. The monoisotopic (exact) mass is 485 g/mol. The summed E-state index contributed by atoms with van der Waals surface area (Å²) in [5.41, 5.74) is -1.20. The number of ether oxygens (including phenoxy) is 1. The molecule has 3 amide bonds. The van der Waals surface area contributed by atoms with Gasteiger partial charge in [0.25, 0.3) is 0 Å². The highest BCUT2D eigenvalue weighted by molar-refractivity contribution is 6.00. The SMILES string of the molecule is CCCN1CC=C[C@H]2O[C@]34C=CCN(C5CCCCC5)C(=O)C3N([C@@H](CC)CO)C(=O)[C@@H]4[C@H]2C1=O. The third-order valence-electron chi connectivity index (χ3n) is 8.80. The van der Waals surface area contributed by atoms with Crippen LogP contribution in [0.5, 0.6) is 0 Å². The van der Waals surface area contributed by atoms with Gasteiger partial charge in [-0.05, 0) is 25.7 Å². The van der Waals surface area contributed by atoms with Crippen LogP contribution < -0.4 is 0 Å². The van der Waals surface area contributed by atoms with Gasteiger partial charge in [-0.2, -0.15) is 0 Å². The highest BCUT2D eigenvalue weighted by Crippen LogP contribution is 2.54. The van der Waals surface area contributed by atoms with E-state index in [0.717, 1.165) is 32.1 Å². The van der Waals surface area contributed by atoms with Crippen LogP contribution in [0, 0.1) is 11.8 Å². The van der Waals surface area contributed by atoms with E-state index in [1.165, 1.54) is 6.42 Å². The third kappa shape index (κ3) is 3.75. The van der Waals surface area contributed by atoms with Gasteiger partial charge < -0.3 is 24.5 Å². The van der Waals surface area contributed by atoms with Crippen LogP contribution in [0.4, 0.5) is 0 Å². The normalized spacial score (nSPS) is 36.2. The fourth-order valence-electron chi connectivity index (χ4n) is 7.15. The number of hydrogen-bond donors (Lipinski definition) is 1. The standard InChI is InChI=1S/C27H39N3O5/c1-3-14-28-15-8-12-20-21(24(28)32)22-25(33)30(18(4-2)17-31)23-26(34)29(19-10-6-5-7-11-19)16-9-13-27(22,23)35-20/h8-9,12-13,18-23,31H,3-7,10-11,14-17H2,1-2H3/t18-,20+,21-,22-,23?,27-/m0/s1. The molecule has 3 fully saturated rings. The zero-order valence-corrected chi connectivity index (χ0v) is 21.0. The maximum Gasteiger partial charge on any atom is 0.249 e. The van der Waals surface area contributed by atoms with E-state index >= 15 is 0 Å². The number of rotatable bonds is 6. The van der Waals surface area contributed by atoms with Crippen LogP contribution in [0.2, 0.25) is 0 Å². The molecule has 6 atom stereocenters. The van der Waals surface area contributed by atoms with Crippen molar-refractivity contribution in [1.82, 2.24) is 14.7 Å². The Morgan fingerprint density at radius 3 is 2.51 bits per heavy atom. The van der Waals surface area contributed by atoms with E-state index in [2.05, 4.69) is 0 Å². The molecule has 192 valence electrons. The highest BCUT2D eigenvalue weighted by Gasteiger charge is 2.72. The summed E-state index contributed by atoms with van der Waals surface area (Å²) in [6.07, 6.45) is 13.9. The molecule has 0 radical (unpaired) electrons. The molecule has 0 aromatic heterocycles. The second-order valence-electron chi connectivity index (χ2n) is 10.7. The zero-order valence-electron chi connectivity index (χ0n) is 21.0. The summed E-state index contributed by atoms with van der Waals surface area (Å²) in [5, 5.41) is 10.2. The molecule has 8 nitrogen and oxygen atoms in total. The molecule has 1 unspecified atom stereocenters. The molecular weight excluding hydrogens is 446 g/mol. The van der Waals surface area contributed by atoms with Crippen LogP contribution in [0.15, 0.2) is 24.3 Å². The fourth-order valence-corrected chi connectivity index (χ4v) is 7.15. The van der Waals surface area contributed by atoms with Crippen molar-refractivity contribution in [2.45, 2.75) is 88.6 Å². The first-order valence-corrected chi connectivity index (χ1v) is 13.5. The molecule has 0 aromatic carbocycles. The number of aliphatic hydroxyl groups excluding tert-OH is 1. The summed E-state index contributed by atoms with van der Waals surface area (Å²) < 4.78 is 6.67. The summed E-state index contributed by atoms with van der Waals surface area (Å²) in [6, 6.07) is -1.22. The molecule has 5 rings (SSSR count). The van der Waals surface area contributed by atoms with Crippen LogP contribution in [0.3, 0.4) is 0 Å². The Bertz CT molecular complexity index is 908. The van der Waals surface area contributed by atoms with Crippen molar-refractivity contribution >= 4 is 17.7 Å². The molecule has 1 aliphatic carbocycles.